The Labute approximate surface area is 82.8 Å². The topological polar surface area (TPSA) is 12.9 Å². The highest BCUT2D eigenvalue weighted by Crippen LogP contribution is 2.26. The van der Waals surface area contributed by atoms with Gasteiger partial charge < -0.3 is 0 Å². The molecule has 2 rings (SSSR count). The Morgan fingerprint density at radius 2 is 2.08 bits per heavy atom. The summed E-state index contributed by atoms with van der Waals surface area (Å²) in [5.41, 5.74) is 2.33. The second-order valence-electron chi connectivity index (χ2n) is 3.02. The van der Waals surface area contributed by atoms with Crippen LogP contribution in [-0.4, -0.2) is 4.98 Å². The van der Waals surface area contributed by atoms with Crippen molar-refractivity contribution in [3.8, 4) is 0 Å². The molecule has 0 atom stereocenters. The van der Waals surface area contributed by atoms with Crippen LogP contribution in [0.5, 0.6) is 0 Å². The molecule has 1 aliphatic rings. The molecule has 0 bridgehead atoms. The van der Waals surface area contributed by atoms with Gasteiger partial charge in [0.2, 0.25) is 0 Å². The van der Waals surface area contributed by atoms with Crippen LogP contribution in [0.25, 0.3) is 5.57 Å². The molecule has 1 aliphatic carbocycles. The fraction of sp³-hybridized carbons (Fsp3) is 0.182. The zero-order valence-electron chi connectivity index (χ0n) is 7.20. The van der Waals surface area contributed by atoms with Gasteiger partial charge in [-0.2, -0.15) is 0 Å². The Kier molecular flexibility index (Phi) is 2.46. The first-order chi connectivity index (χ1) is 6.36. The number of aromatic nitrogens is 1. The minimum Gasteiger partial charge on any atom is -0.257 e. The summed E-state index contributed by atoms with van der Waals surface area (Å²) in [5, 5.41) is 0.930. The van der Waals surface area contributed by atoms with E-state index in [1.165, 1.54) is 5.57 Å². The van der Waals surface area contributed by atoms with Crippen molar-refractivity contribution in [2.45, 2.75) is 12.8 Å². The van der Waals surface area contributed by atoms with E-state index in [1.54, 1.807) is 0 Å². The Bertz CT molecular complexity index is 352. The number of rotatable bonds is 1. The molecule has 0 fully saturated rings. The number of pyridine rings is 1. The van der Waals surface area contributed by atoms with Crippen LogP contribution in [0.15, 0.2) is 41.6 Å². The van der Waals surface area contributed by atoms with Gasteiger partial charge in [0, 0.05) is 11.2 Å². The van der Waals surface area contributed by atoms with Gasteiger partial charge in [-0.15, -0.1) is 0 Å². The van der Waals surface area contributed by atoms with Crippen LogP contribution in [0.4, 0.5) is 0 Å². The van der Waals surface area contributed by atoms with E-state index in [0.29, 0.717) is 0 Å². The number of nitrogens with zero attached hydrogens (tertiary/aromatic N) is 1. The maximum atomic E-state index is 5.87. The van der Waals surface area contributed by atoms with Crippen molar-refractivity contribution in [2.24, 2.45) is 0 Å². The van der Waals surface area contributed by atoms with Gasteiger partial charge in [-0.3, -0.25) is 4.98 Å². The Morgan fingerprint density at radius 3 is 2.69 bits per heavy atom. The first-order valence-electron chi connectivity index (χ1n) is 4.33. The van der Waals surface area contributed by atoms with E-state index in [4.69, 9.17) is 11.6 Å². The highest BCUT2D eigenvalue weighted by Gasteiger charge is 2.06. The molecule has 66 valence electrons. The summed E-state index contributed by atoms with van der Waals surface area (Å²) in [6, 6.07) is 5.96. The van der Waals surface area contributed by atoms with Gasteiger partial charge in [0.15, 0.2) is 0 Å². The van der Waals surface area contributed by atoms with E-state index in [1.807, 2.05) is 36.5 Å². The Morgan fingerprint density at radius 1 is 1.15 bits per heavy atom. The van der Waals surface area contributed by atoms with Crippen molar-refractivity contribution >= 4 is 17.2 Å². The molecule has 0 saturated carbocycles. The molecule has 0 amide bonds. The maximum absolute atomic E-state index is 5.87. The molecule has 1 aromatic rings. The highest BCUT2D eigenvalue weighted by molar-refractivity contribution is 6.29. The summed E-state index contributed by atoms with van der Waals surface area (Å²) in [7, 11) is 0. The smallest absolute Gasteiger partial charge is 0.0661 e. The van der Waals surface area contributed by atoms with Crippen molar-refractivity contribution in [1.82, 2.24) is 4.98 Å². The summed E-state index contributed by atoms with van der Waals surface area (Å²) in [6.45, 7) is 0. The average molecular weight is 192 g/mol. The summed E-state index contributed by atoms with van der Waals surface area (Å²) in [5.74, 6) is 0. The van der Waals surface area contributed by atoms with E-state index < -0.39 is 0 Å². The van der Waals surface area contributed by atoms with E-state index in [9.17, 15) is 0 Å². The summed E-state index contributed by atoms with van der Waals surface area (Å²) in [4.78, 5) is 4.29. The molecule has 13 heavy (non-hydrogen) atoms. The van der Waals surface area contributed by atoms with Crippen LogP contribution >= 0.6 is 11.6 Å². The van der Waals surface area contributed by atoms with Gasteiger partial charge in [-0.05, 0) is 36.6 Å². The van der Waals surface area contributed by atoms with Crippen molar-refractivity contribution in [3.63, 3.8) is 0 Å². The third-order valence-corrected chi connectivity index (χ3v) is 2.41. The lowest BCUT2D eigenvalue weighted by Gasteiger charge is -2.09. The van der Waals surface area contributed by atoms with Crippen LogP contribution in [0, 0.1) is 0 Å². The molecule has 0 unspecified atom stereocenters. The fourth-order valence-electron chi connectivity index (χ4n) is 1.38. The van der Waals surface area contributed by atoms with Crippen LogP contribution < -0.4 is 0 Å². The lowest BCUT2D eigenvalue weighted by molar-refractivity contribution is 1.02. The van der Waals surface area contributed by atoms with Crippen LogP contribution in [0.3, 0.4) is 0 Å². The second-order valence-corrected chi connectivity index (χ2v) is 3.51. The second kappa shape index (κ2) is 3.75. The molecule has 0 aromatic carbocycles. The van der Waals surface area contributed by atoms with Crippen LogP contribution in [0.1, 0.15) is 18.5 Å². The Hall–Kier alpha value is -1.08. The van der Waals surface area contributed by atoms with E-state index in [0.717, 1.165) is 23.6 Å². The third kappa shape index (κ3) is 1.99. The number of hydrogen-bond donors (Lipinski definition) is 0. The lowest BCUT2D eigenvalue weighted by Crippen LogP contribution is -1.92. The number of allylic oxidation sites excluding steroid dienone is 4. The minimum atomic E-state index is 0.930. The molecule has 0 N–H and O–H groups in total. The van der Waals surface area contributed by atoms with Gasteiger partial charge in [-0.1, -0.05) is 23.7 Å². The summed E-state index contributed by atoms with van der Waals surface area (Å²) >= 11 is 5.87. The largest absolute Gasteiger partial charge is 0.257 e. The van der Waals surface area contributed by atoms with E-state index in [-0.39, 0.29) is 0 Å². The lowest BCUT2D eigenvalue weighted by atomic mass is 10.0. The third-order valence-electron chi connectivity index (χ3n) is 2.09. The van der Waals surface area contributed by atoms with Crippen molar-refractivity contribution < 1.29 is 0 Å². The van der Waals surface area contributed by atoms with Gasteiger partial charge in [0.05, 0.1) is 5.69 Å². The number of halogens is 1. The fourth-order valence-corrected chi connectivity index (χ4v) is 1.54. The normalized spacial score (nSPS) is 16.4. The van der Waals surface area contributed by atoms with Crippen LogP contribution in [0.2, 0.25) is 0 Å². The van der Waals surface area contributed by atoms with Gasteiger partial charge in [-0.25, -0.2) is 0 Å². The zero-order chi connectivity index (χ0) is 9.10. The standard InChI is InChI=1S/C11H10ClN/c12-10-6-4-9(5-7-10)11-3-1-2-8-13-11/h1-4,6,8H,5,7H2. The van der Waals surface area contributed by atoms with Gasteiger partial charge >= 0.3 is 0 Å². The highest BCUT2D eigenvalue weighted by atomic mass is 35.5. The minimum absolute atomic E-state index is 0.930. The molecule has 1 aromatic heterocycles. The average Bonchev–Trinajstić information content (AvgIpc) is 2.20. The summed E-state index contributed by atoms with van der Waals surface area (Å²) < 4.78 is 0. The number of hydrogen-bond acceptors (Lipinski definition) is 1. The monoisotopic (exact) mass is 191 g/mol. The molecule has 0 saturated heterocycles. The molecule has 1 nitrogen and oxygen atoms in total. The SMILES string of the molecule is ClC1=CC=C(c2ccccn2)CC1. The molecular formula is C11H10ClN. The molecule has 0 radical (unpaired) electrons. The first kappa shape index (κ1) is 8.52. The van der Waals surface area contributed by atoms with Gasteiger partial charge in [0.1, 0.15) is 0 Å². The zero-order valence-corrected chi connectivity index (χ0v) is 7.96. The molecule has 0 aliphatic heterocycles. The van der Waals surface area contributed by atoms with Crippen molar-refractivity contribution in [2.75, 3.05) is 0 Å². The van der Waals surface area contributed by atoms with Crippen molar-refractivity contribution in [3.05, 3.63) is 47.3 Å². The maximum Gasteiger partial charge on any atom is 0.0661 e. The summed E-state index contributed by atoms with van der Waals surface area (Å²) in [6.07, 6.45) is 7.75. The molecule has 0 spiro atoms. The molecule has 2 heteroatoms. The Balaban J connectivity index is 2.29. The first-order valence-corrected chi connectivity index (χ1v) is 4.71. The van der Waals surface area contributed by atoms with E-state index in [2.05, 4.69) is 4.98 Å². The predicted molar refractivity (Wildman–Crippen MR) is 55.4 cm³/mol. The molecule has 1 heterocycles. The predicted octanol–water partition coefficient (Wildman–Crippen LogP) is 3.38. The van der Waals surface area contributed by atoms with Crippen molar-refractivity contribution in [1.29, 1.82) is 0 Å². The van der Waals surface area contributed by atoms with Gasteiger partial charge in [0.25, 0.3) is 0 Å². The van der Waals surface area contributed by atoms with E-state index >= 15 is 0 Å². The molecular weight excluding hydrogens is 182 g/mol. The quantitative estimate of drug-likeness (QED) is 0.663. The van der Waals surface area contributed by atoms with Crippen LogP contribution in [-0.2, 0) is 0 Å².